The highest BCUT2D eigenvalue weighted by atomic mass is 35.5. The summed E-state index contributed by atoms with van der Waals surface area (Å²) >= 11 is 5.46. The standard InChI is InChI=1S/C5H4ClNO3/c6-3-2-10-7-4(3)1-5(8)9/h2H,1H2,(H,8,9). The van der Waals surface area contributed by atoms with Crippen molar-refractivity contribution in [3.63, 3.8) is 0 Å². The van der Waals surface area contributed by atoms with Crippen molar-refractivity contribution in [3.8, 4) is 0 Å². The van der Waals surface area contributed by atoms with Crippen LogP contribution in [-0.4, -0.2) is 16.2 Å². The fourth-order valence-corrected chi connectivity index (χ4v) is 0.649. The third-order valence-corrected chi connectivity index (χ3v) is 1.22. The zero-order chi connectivity index (χ0) is 7.56. The van der Waals surface area contributed by atoms with Gasteiger partial charge < -0.3 is 9.63 Å². The molecule has 5 heteroatoms. The minimum absolute atomic E-state index is 0.199. The first-order valence-corrected chi connectivity index (χ1v) is 2.88. The Kier molecular flexibility index (Phi) is 1.91. The number of hydrogen-bond donors (Lipinski definition) is 1. The van der Waals surface area contributed by atoms with Crippen molar-refractivity contribution in [2.24, 2.45) is 0 Å². The molecular weight excluding hydrogens is 158 g/mol. The molecule has 0 aliphatic rings. The van der Waals surface area contributed by atoms with Crippen molar-refractivity contribution < 1.29 is 14.4 Å². The van der Waals surface area contributed by atoms with Gasteiger partial charge in [0.2, 0.25) is 0 Å². The molecule has 0 atom stereocenters. The fourth-order valence-electron chi connectivity index (χ4n) is 0.508. The van der Waals surface area contributed by atoms with Gasteiger partial charge in [-0.2, -0.15) is 0 Å². The second-order valence-electron chi connectivity index (χ2n) is 1.68. The summed E-state index contributed by atoms with van der Waals surface area (Å²) < 4.78 is 4.40. The Morgan fingerprint density at radius 3 is 3.00 bits per heavy atom. The Balaban J connectivity index is 2.74. The highest BCUT2D eigenvalue weighted by Gasteiger charge is 2.08. The summed E-state index contributed by atoms with van der Waals surface area (Å²) in [4.78, 5) is 10.1. The van der Waals surface area contributed by atoms with Crippen LogP contribution in [0, 0.1) is 0 Å². The minimum atomic E-state index is -0.976. The summed E-state index contributed by atoms with van der Waals surface area (Å²) in [6.07, 6.45) is 0.995. The predicted molar refractivity (Wildman–Crippen MR) is 32.9 cm³/mol. The van der Waals surface area contributed by atoms with Crippen molar-refractivity contribution in [1.82, 2.24) is 5.16 Å². The monoisotopic (exact) mass is 161 g/mol. The number of hydrogen-bond acceptors (Lipinski definition) is 3. The van der Waals surface area contributed by atoms with E-state index in [4.69, 9.17) is 16.7 Å². The van der Waals surface area contributed by atoms with Gasteiger partial charge in [-0.1, -0.05) is 16.8 Å². The SMILES string of the molecule is O=C(O)Cc1nocc1Cl. The highest BCUT2D eigenvalue weighted by Crippen LogP contribution is 2.13. The summed E-state index contributed by atoms with van der Waals surface area (Å²) in [5, 5.41) is 11.9. The number of carboxylic acids is 1. The van der Waals surface area contributed by atoms with E-state index < -0.39 is 5.97 Å². The Bertz CT molecular complexity index is 245. The van der Waals surface area contributed by atoms with Crippen LogP contribution in [0.2, 0.25) is 5.02 Å². The number of carbonyl (C=O) groups is 1. The first kappa shape index (κ1) is 7.08. The van der Waals surface area contributed by atoms with E-state index in [0.29, 0.717) is 0 Å². The molecule has 0 radical (unpaired) electrons. The van der Waals surface area contributed by atoms with Crippen LogP contribution >= 0.6 is 11.6 Å². The van der Waals surface area contributed by atoms with Gasteiger partial charge >= 0.3 is 5.97 Å². The Morgan fingerprint density at radius 1 is 1.90 bits per heavy atom. The molecule has 0 unspecified atom stereocenters. The van der Waals surface area contributed by atoms with E-state index in [1.807, 2.05) is 0 Å². The molecular formula is C5H4ClNO3. The first-order valence-electron chi connectivity index (χ1n) is 2.50. The van der Waals surface area contributed by atoms with Gasteiger partial charge in [0.25, 0.3) is 0 Å². The fraction of sp³-hybridized carbons (Fsp3) is 0.200. The van der Waals surface area contributed by atoms with E-state index >= 15 is 0 Å². The molecule has 0 spiro atoms. The summed E-state index contributed by atoms with van der Waals surface area (Å²) in [7, 11) is 0. The van der Waals surface area contributed by atoms with E-state index in [2.05, 4.69) is 9.68 Å². The number of halogens is 1. The molecule has 1 heterocycles. The van der Waals surface area contributed by atoms with Gasteiger partial charge in [-0.15, -0.1) is 0 Å². The molecule has 1 N–H and O–H groups in total. The number of aromatic nitrogens is 1. The molecule has 0 fully saturated rings. The molecule has 10 heavy (non-hydrogen) atoms. The van der Waals surface area contributed by atoms with Gasteiger partial charge in [-0.3, -0.25) is 4.79 Å². The van der Waals surface area contributed by atoms with Gasteiger partial charge in [-0.25, -0.2) is 0 Å². The first-order chi connectivity index (χ1) is 4.70. The second kappa shape index (κ2) is 2.70. The summed E-state index contributed by atoms with van der Waals surface area (Å²) in [6.45, 7) is 0. The molecule has 1 aromatic rings. The van der Waals surface area contributed by atoms with Crippen molar-refractivity contribution in [2.45, 2.75) is 6.42 Å². The van der Waals surface area contributed by atoms with Gasteiger partial charge in [0.15, 0.2) is 0 Å². The maximum Gasteiger partial charge on any atom is 0.309 e. The van der Waals surface area contributed by atoms with Gasteiger partial charge in [0.05, 0.1) is 6.42 Å². The van der Waals surface area contributed by atoms with Crippen LogP contribution in [0.3, 0.4) is 0 Å². The largest absolute Gasteiger partial charge is 0.481 e. The molecule has 0 amide bonds. The number of nitrogens with zero attached hydrogens (tertiary/aromatic N) is 1. The molecule has 0 aromatic carbocycles. The Morgan fingerprint density at radius 2 is 2.60 bits per heavy atom. The van der Waals surface area contributed by atoms with Crippen LogP contribution in [-0.2, 0) is 11.2 Å². The lowest BCUT2D eigenvalue weighted by Crippen LogP contribution is -2.00. The average molecular weight is 162 g/mol. The molecule has 1 aromatic heterocycles. The number of rotatable bonds is 2. The molecule has 0 saturated heterocycles. The van der Waals surface area contributed by atoms with E-state index in [1.54, 1.807) is 0 Å². The van der Waals surface area contributed by atoms with Gasteiger partial charge in [-0.05, 0) is 0 Å². The van der Waals surface area contributed by atoms with E-state index in [1.165, 1.54) is 6.26 Å². The Labute approximate surface area is 61.4 Å². The summed E-state index contributed by atoms with van der Waals surface area (Å²) in [5.41, 5.74) is 0.258. The number of carboxylic acid groups (broad SMARTS) is 1. The van der Waals surface area contributed by atoms with Crippen molar-refractivity contribution in [3.05, 3.63) is 17.0 Å². The van der Waals surface area contributed by atoms with Crippen molar-refractivity contribution in [1.29, 1.82) is 0 Å². The van der Waals surface area contributed by atoms with Crippen LogP contribution in [0.5, 0.6) is 0 Å². The molecule has 0 saturated carbocycles. The summed E-state index contributed by atoms with van der Waals surface area (Å²) in [6, 6.07) is 0. The molecule has 0 bridgehead atoms. The topological polar surface area (TPSA) is 63.3 Å². The Hall–Kier alpha value is -1.03. The zero-order valence-electron chi connectivity index (χ0n) is 4.87. The molecule has 4 nitrogen and oxygen atoms in total. The third-order valence-electron chi connectivity index (χ3n) is 0.913. The maximum absolute atomic E-state index is 10.1. The van der Waals surface area contributed by atoms with Crippen LogP contribution in [0.25, 0.3) is 0 Å². The molecule has 54 valence electrons. The maximum atomic E-state index is 10.1. The lowest BCUT2D eigenvalue weighted by Gasteiger charge is -1.85. The molecule has 0 aliphatic carbocycles. The highest BCUT2D eigenvalue weighted by molar-refractivity contribution is 6.31. The lowest BCUT2D eigenvalue weighted by atomic mass is 10.3. The van der Waals surface area contributed by atoms with Crippen molar-refractivity contribution in [2.75, 3.05) is 0 Å². The van der Waals surface area contributed by atoms with Crippen LogP contribution in [0.1, 0.15) is 5.69 Å². The van der Waals surface area contributed by atoms with Crippen LogP contribution < -0.4 is 0 Å². The van der Waals surface area contributed by atoms with E-state index in [-0.39, 0.29) is 17.1 Å². The van der Waals surface area contributed by atoms with Crippen molar-refractivity contribution >= 4 is 17.6 Å². The summed E-state index contributed by atoms with van der Waals surface area (Å²) in [5.74, 6) is -0.976. The number of aliphatic carboxylic acids is 1. The smallest absolute Gasteiger partial charge is 0.309 e. The lowest BCUT2D eigenvalue weighted by molar-refractivity contribution is -0.136. The zero-order valence-corrected chi connectivity index (χ0v) is 5.63. The van der Waals surface area contributed by atoms with E-state index in [0.717, 1.165) is 0 Å². The third kappa shape index (κ3) is 1.48. The van der Waals surface area contributed by atoms with Gasteiger partial charge in [0, 0.05) is 0 Å². The van der Waals surface area contributed by atoms with Crippen LogP contribution in [0.4, 0.5) is 0 Å². The predicted octanol–water partition coefficient (Wildman–Crippen LogP) is 0.955. The molecule has 1 rings (SSSR count). The second-order valence-corrected chi connectivity index (χ2v) is 2.09. The quantitative estimate of drug-likeness (QED) is 0.702. The minimum Gasteiger partial charge on any atom is -0.481 e. The molecule has 0 aliphatic heterocycles. The van der Waals surface area contributed by atoms with Gasteiger partial charge in [0.1, 0.15) is 17.0 Å². The van der Waals surface area contributed by atoms with Crippen LogP contribution in [0.15, 0.2) is 10.8 Å². The average Bonchev–Trinajstić information content (AvgIpc) is 2.15. The normalized spacial score (nSPS) is 9.70. The van der Waals surface area contributed by atoms with E-state index in [9.17, 15) is 4.79 Å².